The van der Waals surface area contributed by atoms with Crippen molar-refractivity contribution in [3.8, 4) is 0 Å². The molecule has 1 saturated heterocycles. The van der Waals surface area contributed by atoms with Crippen LogP contribution in [0.2, 0.25) is 0 Å². The van der Waals surface area contributed by atoms with Gasteiger partial charge in [0.25, 0.3) is 0 Å². The number of carbonyl (C=O) groups excluding carboxylic acids is 1. The number of ether oxygens (including phenoxy) is 2. The zero-order valence-electron chi connectivity index (χ0n) is 18.3. The Labute approximate surface area is 190 Å². The highest BCUT2D eigenvalue weighted by Crippen LogP contribution is 2.18. The van der Waals surface area contributed by atoms with Crippen molar-refractivity contribution >= 4 is 29.0 Å². The predicted molar refractivity (Wildman–Crippen MR) is 127 cm³/mol. The highest BCUT2D eigenvalue weighted by Gasteiger charge is 2.17. The minimum Gasteiger partial charge on any atom is -0.465 e. The van der Waals surface area contributed by atoms with E-state index >= 15 is 0 Å². The molecule has 166 valence electrons. The molecule has 0 bridgehead atoms. The van der Waals surface area contributed by atoms with Crippen LogP contribution in [0.1, 0.15) is 27.9 Å². The van der Waals surface area contributed by atoms with E-state index in [0.29, 0.717) is 22.9 Å². The van der Waals surface area contributed by atoms with Crippen LogP contribution in [0.25, 0.3) is 0 Å². The number of hydrogen-bond donors (Lipinski definition) is 1. The molecule has 1 N–H and O–H groups in total. The fraction of sp³-hybridized carbons (Fsp3) is 0.417. The summed E-state index contributed by atoms with van der Waals surface area (Å²) in [5, 5.41) is 3.87. The number of anilines is 1. The number of nitrogens with one attached hydrogen (secondary N) is 1. The molecule has 1 aliphatic heterocycles. The van der Waals surface area contributed by atoms with Crippen molar-refractivity contribution in [2.24, 2.45) is 0 Å². The second-order valence-corrected chi connectivity index (χ2v) is 8.07. The first-order valence-corrected chi connectivity index (χ1v) is 11.1. The summed E-state index contributed by atoms with van der Waals surface area (Å²) in [4.78, 5) is 16.7. The summed E-state index contributed by atoms with van der Waals surface area (Å²) in [6.07, 6.45) is 0.992. The third-order valence-corrected chi connectivity index (χ3v) is 5.72. The molecule has 31 heavy (non-hydrogen) atoms. The number of morpholine rings is 1. The van der Waals surface area contributed by atoms with Gasteiger partial charge < -0.3 is 19.7 Å². The van der Waals surface area contributed by atoms with Gasteiger partial charge >= 0.3 is 5.97 Å². The molecule has 1 heterocycles. The summed E-state index contributed by atoms with van der Waals surface area (Å²) in [6.45, 7) is 8.18. The lowest BCUT2D eigenvalue weighted by atomic mass is 10.1. The van der Waals surface area contributed by atoms with Crippen molar-refractivity contribution in [1.82, 2.24) is 9.80 Å². The molecule has 0 saturated carbocycles. The number of rotatable bonds is 8. The number of thiocarbonyl (C=S) groups is 1. The molecule has 0 amide bonds. The van der Waals surface area contributed by atoms with Crippen molar-refractivity contribution in [2.45, 2.75) is 19.9 Å². The summed E-state index contributed by atoms with van der Waals surface area (Å²) in [7, 11) is 1.38. The molecule has 0 aromatic heterocycles. The third-order valence-electron chi connectivity index (χ3n) is 5.36. The Morgan fingerprint density at radius 1 is 1.16 bits per heavy atom. The molecule has 0 atom stereocenters. The van der Waals surface area contributed by atoms with Crippen LogP contribution in [0.5, 0.6) is 0 Å². The van der Waals surface area contributed by atoms with Crippen LogP contribution in [0.4, 0.5) is 5.69 Å². The largest absolute Gasteiger partial charge is 0.465 e. The SMILES string of the molecule is COC(=O)c1ccccc1NC(=S)N(CCCN1CCOCC1)Cc1ccc(C)cc1. The molecular weight excluding hydrogens is 410 g/mol. The normalized spacial score (nSPS) is 14.1. The van der Waals surface area contributed by atoms with Crippen LogP contribution in [0, 0.1) is 6.92 Å². The first-order chi connectivity index (χ1) is 15.1. The van der Waals surface area contributed by atoms with E-state index in [9.17, 15) is 4.79 Å². The Morgan fingerprint density at radius 3 is 2.58 bits per heavy atom. The van der Waals surface area contributed by atoms with Gasteiger partial charge in [-0.25, -0.2) is 4.79 Å². The maximum absolute atomic E-state index is 12.1. The Morgan fingerprint density at radius 2 is 1.87 bits per heavy atom. The molecule has 0 aliphatic carbocycles. The van der Waals surface area contributed by atoms with Crippen LogP contribution in [-0.4, -0.2) is 67.4 Å². The highest BCUT2D eigenvalue weighted by atomic mass is 32.1. The van der Waals surface area contributed by atoms with Gasteiger partial charge in [-0.2, -0.15) is 0 Å². The second kappa shape index (κ2) is 11.8. The van der Waals surface area contributed by atoms with E-state index in [1.165, 1.54) is 18.2 Å². The van der Waals surface area contributed by atoms with Gasteiger partial charge in [0.1, 0.15) is 0 Å². The predicted octanol–water partition coefficient (Wildman–Crippen LogP) is 3.70. The minimum atomic E-state index is -0.386. The van der Waals surface area contributed by atoms with E-state index in [1.807, 2.05) is 18.2 Å². The van der Waals surface area contributed by atoms with E-state index in [4.69, 9.17) is 21.7 Å². The smallest absolute Gasteiger partial charge is 0.339 e. The van der Waals surface area contributed by atoms with Crippen LogP contribution in [-0.2, 0) is 16.0 Å². The van der Waals surface area contributed by atoms with Crippen LogP contribution >= 0.6 is 12.2 Å². The molecule has 3 rings (SSSR count). The average molecular weight is 442 g/mol. The van der Waals surface area contributed by atoms with Gasteiger partial charge in [0, 0.05) is 32.7 Å². The maximum atomic E-state index is 12.1. The van der Waals surface area contributed by atoms with E-state index in [2.05, 4.69) is 46.3 Å². The molecule has 2 aromatic carbocycles. The summed E-state index contributed by atoms with van der Waals surface area (Å²) in [5.41, 5.74) is 3.55. The minimum absolute atomic E-state index is 0.386. The zero-order valence-corrected chi connectivity index (χ0v) is 19.1. The van der Waals surface area contributed by atoms with Crippen LogP contribution < -0.4 is 5.32 Å². The van der Waals surface area contributed by atoms with Gasteiger partial charge in [0.05, 0.1) is 31.6 Å². The molecule has 0 unspecified atom stereocenters. The van der Waals surface area contributed by atoms with Crippen molar-refractivity contribution < 1.29 is 14.3 Å². The topological polar surface area (TPSA) is 54.0 Å². The average Bonchev–Trinajstić information content (AvgIpc) is 2.80. The molecule has 0 radical (unpaired) electrons. The van der Waals surface area contributed by atoms with Gasteiger partial charge in [-0.15, -0.1) is 0 Å². The fourth-order valence-corrected chi connectivity index (χ4v) is 3.82. The molecule has 0 spiro atoms. The first kappa shape index (κ1) is 23.2. The van der Waals surface area contributed by atoms with Gasteiger partial charge in [-0.05, 0) is 43.3 Å². The van der Waals surface area contributed by atoms with E-state index in [1.54, 1.807) is 6.07 Å². The number of carbonyl (C=O) groups is 1. The van der Waals surface area contributed by atoms with Gasteiger partial charge in [0.2, 0.25) is 0 Å². The van der Waals surface area contributed by atoms with Crippen molar-refractivity contribution in [1.29, 1.82) is 0 Å². The Bertz CT molecular complexity index is 867. The number of benzene rings is 2. The van der Waals surface area contributed by atoms with Crippen molar-refractivity contribution in [3.63, 3.8) is 0 Å². The van der Waals surface area contributed by atoms with Crippen LogP contribution in [0.15, 0.2) is 48.5 Å². The number of nitrogens with zero attached hydrogens (tertiary/aromatic N) is 2. The summed E-state index contributed by atoms with van der Waals surface area (Å²) < 4.78 is 10.3. The van der Waals surface area contributed by atoms with Gasteiger partial charge in [-0.1, -0.05) is 42.0 Å². The third kappa shape index (κ3) is 7.02. The van der Waals surface area contributed by atoms with Crippen molar-refractivity contribution in [3.05, 3.63) is 65.2 Å². The lowest BCUT2D eigenvalue weighted by molar-refractivity contribution is 0.0367. The lowest BCUT2D eigenvalue weighted by Crippen LogP contribution is -2.40. The monoisotopic (exact) mass is 441 g/mol. The van der Waals surface area contributed by atoms with Gasteiger partial charge in [-0.3, -0.25) is 4.90 Å². The molecule has 7 heteroatoms. The number of para-hydroxylation sites is 1. The number of methoxy groups -OCH3 is 1. The first-order valence-electron chi connectivity index (χ1n) is 10.7. The second-order valence-electron chi connectivity index (χ2n) is 7.68. The molecule has 6 nitrogen and oxygen atoms in total. The van der Waals surface area contributed by atoms with Gasteiger partial charge in [0.15, 0.2) is 5.11 Å². The zero-order chi connectivity index (χ0) is 22.1. The molecule has 2 aromatic rings. The van der Waals surface area contributed by atoms with E-state index in [-0.39, 0.29) is 5.97 Å². The number of hydrogen-bond acceptors (Lipinski definition) is 5. The Hall–Kier alpha value is -2.48. The Balaban J connectivity index is 1.69. The highest BCUT2D eigenvalue weighted by molar-refractivity contribution is 7.80. The summed E-state index contributed by atoms with van der Waals surface area (Å²) in [5.74, 6) is -0.386. The van der Waals surface area contributed by atoms with Crippen LogP contribution in [0.3, 0.4) is 0 Å². The molecule has 1 fully saturated rings. The molecular formula is C24H31N3O3S. The maximum Gasteiger partial charge on any atom is 0.339 e. The Kier molecular flexibility index (Phi) is 8.82. The van der Waals surface area contributed by atoms with Crippen molar-refractivity contribution in [2.75, 3.05) is 51.8 Å². The van der Waals surface area contributed by atoms with E-state index < -0.39 is 0 Å². The number of esters is 1. The van der Waals surface area contributed by atoms with E-state index in [0.717, 1.165) is 45.8 Å². The molecule has 1 aliphatic rings. The standard InChI is InChI=1S/C24H31N3O3S/c1-19-8-10-20(11-9-19)18-27(13-5-12-26-14-16-30-17-15-26)24(31)25-22-7-4-3-6-21(22)23(28)29-2/h3-4,6-11H,5,12-18H2,1-2H3,(H,25,31). The lowest BCUT2D eigenvalue weighted by Gasteiger charge is -2.30. The fourth-order valence-electron chi connectivity index (χ4n) is 3.55. The number of aryl methyl sites for hydroxylation is 1. The summed E-state index contributed by atoms with van der Waals surface area (Å²) in [6, 6.07) is 15.8. The quantitative estimate of drug-likeness (QED) is 0.495. The summed E-state index contributed by atoms with van der Waals surface area (Å²) >= 11 is 5.76.